The molecule has 0 radical (unpaired) electrons. The second-order valence-electron chi connectivity index (χ2n) is 4.46. The molecule has 3 unspecified atom stereocenters. The lowest BCUT2D eigenvalue weighted by Crippen LogP contribution is -2.41. The van der Waals surface area contributed by atoms with E-state index in [4.69, 9.17) is 10.6 Å². The number of pyridine rings is 1. The number of ether oxygens (including phenoxy) is 1. The van der Waals surface area contributed by atoms with E-state index in [1.54, 1.807) is 13.3 Å². The summed E-state index contributed by atoms with van der Waals surface area (Å²) < 4.78 is 5.25. The molecule has 0 bridgehead atoms. The fourth-order valence-electron chi connectivity index (χ4n) is 2.34. The van der Waals surface area contributed by atoms with E-state index in [0.29, 0.717) is 10.5 Å². The molecule has 1 aliphatic rings. The van der Waals surface area contributed by atoms with Crippen LogP contribution < -0.4 is 16.0 Å². The molecular weight excluding hydrogens is 278 g/mol. The van der Waals surface area contributed by atoms with Crippen LogP contribution in [0.2, 0.25) is 0 Å². The minimum atomic E-state index is 0.116. The number of rotatable bonds is 5. The van der Waals surface area contributed by atoms with Crippen molar-refractivity contribution < 1.29 is 4.74 Å². The number of thioether (sulfide) groups is 2. The molecule has 6 heteroatoms. The van der Waals surface area contributed by atoms with E-state index in [9.17, 15) is 0 Å². The lowest BCUT2D eigenvalue weighted by molar-refractivity contribution is 0.410. The average Bonchev–Trinajstić information content (AvgIpc) is 2.49. The summed E-state index contributed by atoms with van der Waals surface area (Å²) in [7, 11) is 1.66. The molecule has 2 rings (SSSR count). The number of hydrogen-bond donors (Lipinski definition) is 2. The smallest absolute Gasteiger partial charge is 0.137 e. The van der Waals surface area contributed by atoms with Crippen molar-refractivity contribution in [1.82, 2.24) is 10.4 Å². The van der Waals surface area contributed by atoms with Gasteiger partial charge in [-0.25, -0.2) is 0 Å². The van der Waals surface area contributed by atoms with Gasteiger partial charge in [-0.1, -0.05) is 6.92 Å². The van der Waals surface area contributed by atoms with Gasteiger partial charge in [-0.2, -0.15) is 23.5 Å². The Balaban J connectivity index is 2.21. The number of nitrogens with one attached hydrogen (secondary N) is 1. The largest absolute Gasteiger partial charge is 0.495 e. The summed E-state index contributed by atoms with van der Waals surface area (Å²) in [4.78, 5) is 4.23. The molecule has 3 atom stereocenters. The van der Waals surface area contributed by atoms with Crippen LogP contribution in [0.15, 0.2) is 18.5 Å². The summed E-state index contributed by atoms with van der Waals surface area (Å²) in [6, 6.07) is 2.13. The zero-order chi connectivity index (χ0) is 13.7. The fourth-order valence-corrected chi connectivity index (χ4v) is 5.58. The molecule has 1 aromatic rings. The molecule has 3 N–H and O–H groups in total. The lowest BCUT2D eigenvalue weighted by atomic mass is 10.0. The van der Waals surface area contributed by atoms with Gasteiger partial charge in [0.1, 0.15) is 5.75 Å². The summed E-state index contributed by atoms with van der Waals surface area (Å²) in [5.41, 5.74) is 4.07. The van der Waals surface area contributed by atoms with Crippen molar-refractivity contribution in [1.29, 1.82) is 0 Å². The van der Waals surface area contributed by atoms with Crippen LogP contribution in [-0.2, 0) is 0 Å². The minimum Gasteiger partial charge on any atom is -0.495 e. The van der Waals surface area contributed by atoms with Crippen LogP contribution in [-0.4, -0.2) is 34.1 Å². The normalized spacial score (nSPS) is 25.0. The molecule has 4 nitrogen and oxygen atoms in total. The van der Waals surface area contributed by atoms with Crippen molar-refractivity contribution in [3.05, 3.63) is 24.0 Å². The highest BCUT2D eigenvalue weighted by Crippen LogP contribution is 2.40. The molecule has 0 aliphatic carbocycles. The van der Waals surface area contributed by atoms with Crippen molar-refractivity contribution in [3.63, 3.8) is 0 Å². The Labute approximate surface area is 123 Å². The van der Waals surface area contributed by atoms with E-state index in [0.717, 1.165) is 17.7 Å². The maximum Gasteiger partial charge on any atom is 0.137 e. The summed E-state index contributed by atoms with van der Waals surface area (Å²) in [5, 5.41) is 1.11. The number of hydrogen-bond acceptors (Lipinski definition) is 6. The Morgan fingerprint density at radius 3 is 2.95 bits per heavy atom. The van der Waals surface area contributed by atoms with Crippen LogP contribution in [0.5, 0.6) is 5.75 Å². The Bertz CT molecular complexity index is 405. The molecule has 1 aromatic heterocycles. The molecule has 0 amide bonds. The predicted molar refractivity (Wildman–Crippen MR) is 83.6 cm³/mol. The first-order chi connectivity index (χ1) is 9.30. The van der Waals surface area contributed by atoms with Gasteiger partial charge in [-0.15, -0.1) is 0 Å². The summed E-state index contributed by atoms with van der Waals surface area (Å²) >= 11 is 4.06. The van der Waals surface area contributed by atoms with E-state index in [1.807, 2.05) is 24.0 Å². The second-order valence-corrected chi connectivity index (χ2v) is 7.09. The van der Waals surface area contributed by atoms with Crippen LogP contribution in [0.3, 0.4) is 0 Å². The SMILES string of the molecule is CCC1SCCSC1C(NN)c1cncc(OC)c1. The quantitative estimate of drug-likeness (QED) is 0.642. The van der Waals surface area contributed by atoms with Crippen LogP contribution >= 0.6 is 23.5 Å². The van der Waals surface area contributed by atoms with Crippen LogP contribution in [0.4, 0.5) is 0 Å². The highest BCUT2D eigenvalue weighted by molar-refractivity contribution is 8.07. The Morgan fingerprint density at radius 1 is 1.47 bits per heavy atom. The van der Waals surface area contributed by atoms with Gasteiger partial charge in [0.15, 0.2) is 0 Å². The maximum atomic E-state index is 5.80. The number of nitrogens with two attached hydrogens (primary N) is 1. The molecule has 2 heterocycles. The number of aromatic nitrogens is 1. The monoisotopic (exact) mass is 299 g/mol. The summed E-state index contributed by atoms with van der Waals surface area (Å²) in [5.74, 6) is 8.99. The number of hydrazine groups is 1. The molecule has 0 aromatic carbocycles. The van der Waals surface area contributed by atoms with E-state index in [2.05, 4.69) is 29.1 Å². The van der Waals surface area contributed by atoms with Gasteiger partial charge < -0.3 is 4.74 Å². The van der Waals surface area contributed by atoms with Gasteiger partial charge in [-0.05, 0) is 18.1 Å². The number of nitrogens with zero attached hydrogens (tertiary/aromatic N) is 1. The van der Waals surface area contributed by atoms with Crippen molar-refractivity contribution in [2.45, 2.75) is 29.9 Å². The first-order valence-electron chi connectivity index (χ1n) is 6.48. The second kappa shape index (κ2) is 7.38. The van der Waals surface area contributed by atoms with Gasteiger partial charge in [0.2, 0.25) is 0 Å². The minimum absolute atomic E-state index is 0.116. The third kappa shape index (κ3) is 3.56. The van der Waals surface area contributed by atoms with E-state index in [-0.39, 0.29) is 6.04 Å². The third-order valence-electron chi connectivity index (χ3n) is 3.33. The van der Waals surface area contributed by atoms with Crippen LogP contribution in [0.1, 0.15) is 24.9 Å². The molecule has 1 aliphatic heterocycles. The first-order valence-corrected chi connectivity index (χ1v) is 8.58. The fraction of sp³-hybridized carbons (Fsp3) is 0.615. The molecule has 1 fully saturated rings. The molecule has 19 heavy (non-hydrogen) atoms. The Morgan fingerprint density at radius 2 is 2.26 bits per heavy atom. The van der Waals surface area contributed by atoms with E-state index in [1.165, 1.54) is 11.5 Å². The molecule has 0 spiro atoms. The first kappa shape index (κ1) is 15.0. The van der Waals surface area contributed by atoms with Crippen molar-refractivity contribution >= 4 is 23.5 Å². The summed E-state index contributed by atoms with van der Waals surface area (Å²) in [6.07, 6.45) is 4.76. The van der Waals surface area contributed by atoms with Gasteiger partial charge in [0, 0.05) is 28.2 Å². The van der Waals surface area contributed by atoms with Gasteiger partial charge >= 0.3 is 0 Å². The van der Waals surface area contributed by atoms with Crippen LogP contribution in [0, 0.1) is 0 Å². The maximum absolute atomic E-state index is 5.80. The third-order valence-corrected chi connectivity index (χ3v) is 6.68. The molecular formula is C13H21N3OS2. The predicted octanol–water partition coefficient (Wildman–Crippen LogP) is 2.22. The highest BCUT2D eigenvalue weighted by atomic mass is 32.2. The molecule has 0 saturated carbocycles. The zero-order valence-electron chi connectivity index (χ0n) is 11.3. The number of methoxy groups -OCH3 is 1. The van der Waals surface area contributed by atoms with Crippen molar-refractivity contribution in [2.75, 3.05) is 18.6 Å². The van der Waals surface area contributed by atoms with Gasteiger partial charge in [0.05, 0.1) is 19.3 Å². The highest BCUT2D eigenvalue weighted by Gasteiger charge is 2.32. The van der Waals surface area contributed by atoms with Crippen LogP contribution in [0.25, 0.3) is 0 Å². The summed E-state index contributed by atoms with van der Waals surface area (Å²) in [6.45, 7) is 2.24. The molecule has 106 valence electrons. The lowest BCUT2D eigenvalue weighted by Gasteiger charge is -2.35. The topological polar surface area (TPSA) is 60.2 Å². The van der Waals surface area contributed by atoms with Gasteiger partial charge in [0.25, 0.3) is 0 Å². The zero-order valence-corrected chi connectivity index (χ0v) is 13.0. The van der Waals surface area contributed by atoms with E-state index >= 15 is 0 Å². The standard InChI is InChI=1S/C13H21N3OS2/c1-3-11-13(19-5-4-18-11)12(16-14)9-6-10(17-2)8-15-7-9/h6-8,11-13,16H,3-5,14H2,1-2H3. The van der Waals surface area contributed by atoms with Gasteiger partial charge in [-0.3, -0.25) is 16.3 Å². The van der Waals surface area contributed by atoms with Crippen molar-refractivity contribution in [2.24, 2.45) is 5.84 Å². The molecule has 1 saturated heterocycles. The Hall–Kier alpha value is -0.430. The van der Waals surface area contributed by atoms with Crippen molar-refractivity contribution in [3.8, 4) is 5.75 Å². The van der Waals surface area contributed by atoms with E-state index < -0.39 is 0 Å². The average molecular weight is 299 g/mol. The Kier molecular flexibility index (Phi) is 5.81.